The molecule has 2 fully saturated rings. The quantitative estimate of drug-likeness (QED) is 0.878. The Balaban J connectivity index is 1.59. The van der Waals surface area contributed by atoms with Crippen LogP contribution >= 0.6 is 0 Å². The fourth-order valence-corrected chi connectivity index (χ4v) is 3.86. The molecular weight excluding hydrogens is 278 g/mol. The van der Waals surface area contributed by atoms with Crippen molar-refractivity contribution in [3.63, 3.8) is 0 Å². The van der Waals surface area contributed by atoms with Gasteiger partial charge in [0.25, 0.3) is 5.91 Å². The van der Waals surface area contributed by atoms with Gasteiger partial charge in [0.05, 0.1) is 7.11 Å². The molecule has 22 heavy (non-hydrogen) atoms. The van der Waals surface area contributed by atoms with Crippen LogP contribution in [0, 0.1) is 11.8 Å². The van der Waals surface area contributed by atoms with Crippen LogP contribution in [0.5, 0.6) is 11.5 Å². The van der Waals surface area contributed by atoms with Crippen LogP contribution in [-0.4, -0.2) is 25.2 Å². The summed E-state index contributed by atoms with van der Waals surface area (Å²) in [4.78, 5) is 12.5. The average Bonchev–Trinajstić information content (AvgIpc) is 3.15. The van der Waals surface area contributed by atoms with Gasteiger partial charge in [-0.05, 0) is 49.7 Å². The van der Waals surface area contributed by atoms with Gasteiger partial charge < -0.3 is 14.8 Å². The number of amides is 1. The monoisotopic (exact) mass is 303 g/mol. The van der Waals surface area contributed by atoms with Crippen LogP contribution in [0.4, 0.5) is 0 Å². The van der Waals surface area contributed by atoms with Gasteiger partial charge in [0.1, 0.15) is 11.5 Å². The molecule has 4 atom stereocenters. The number of hydrogen-bond acceptors (Lipinski definition) is 3. The summed E-state index contributed by atoms with van der Waals surface area (Å²) in [6.07, 6.45) is 5.26. The molecule has 4 nitrogen and oxygen atoms in total. The summed E-state index contributed by atoms with van der Waals surface area (Å²) in [7, 11) is 1.62. The van der Waals surface area contributed by atoms with Gasteiger partial charge in [-0.25, -0.2) is 0 Å². The Bertz CT molecular complexity index is 531. The molecule has 0 saturated heterocycles. The summed E-state index contributed by atoms with van der Waals surface area (Å²) in [5.74, 6) is 2.94. The molecule has 0 aromatic heterocycles. The summed E-state index contributed by atoms with van der Waals surface area (Å²) in [6, 6.07) is 7.76. The van der Waals surface area contributed by atoms with Crippen LogP contribution in [0.15, 0.2) is 24.3 Å². The molecule has 1 aromatic carbocycles. The Hall–Kier alpha value is -1.71. The zero-order valence-corrected chi connectivity index (χ0v) is 13.4. The predicted molar refractivity (Wildman–Crippen MR) is 85.1 cm³/mol. The Morgan fingerprint density at radius 2 is 2.14 bits per heavy atom. The van der Waals surface area contributed by atoms with E-state index < -0.39 is 6.10 Å². The first-order valence-corrected chi connectivity index (χ1v) is 8.30. The minimum absolute atomic E-state index is 0.0165. The fourth-order valence-electron chi connectivity index (χ4n) is 3.86. The molecule has 1 N–H and O–H groups in total. The van der Waals surface area contributed by atoms with Gasteiger partial charge in [0, 0.05) is 12.1 Å². The summed E-state index contributed by atoms with van der Waals surface area (Å²) in [6.45, 7) is 1.98. The molecule has 1 aromatic rings. The van der Waals surface area contributed by atoms with Crippen LogP contribution in [0.2, 0.25) is 0 Å². The highest BCUT2D eigenvalue weighted by molar-refractivity contribution is 5.81. The van der Waals surface area contributed by atoms with Gasteiger partial charge in [-0.3, -0.25) is 4.79 Å². The molecule has 0 radical (unpaired) electrons. The second-order valence-electron chi connectivity index (χ2n) is 6.48. The van der Waals surface area contributed by atoms with Crippen LogP contribution in [0.1, 0.15) is 39.0 Å². The normalized spacial score (nSPS) is 27.5. The molecule has 0 heterocycles. The highest BCUT2D eigenvalue weighted by Crippen LogP contribution is 2.44. The van der Waals surface area contributed by atoms with Crippen molar-refractivity contribution < 1.29 is 14.3 Å². The van der Waals surface area contributed by atoms with E-state index in [9.17, 15) is 4.79 Å². The zero-order valence-electron chi connectivity index (χ0n) is 13.4. The molecule has 4 heteroatoms. The van der Waals surface area contributed by atoms with E-state index in [1.54, 1.807) is 7.11 Å². The highest BCUT2D eigenvalue weighted by atomic mass is 16.5. The maximum absolute atomic E-state index is 12.5. The van der Waals surface area contributed by atoms with Gasteiger partial charge in [0.15, 0.2) is 6.10 Å². The van der Waals surface area contributed by atoms with Crippen LogP contribution in [-0.2, 0) is 4.79 Å². The number of carbonyl (C=O) groups is 1. The second kappa shape index (κ2) is 6.59. The maximum Gasteiger partial charge on any atom is 0.261 e. The van der Waals surface area contributed by atoms with Gasteiger partial charge in [-0.15, -0.1) is 0 Å². The number of hydrogen-bond donors (Lipinski definition) is 1. The maximum atomic E-state index is 12.5. The van der Waals surface area contributed by atoms with Gasteiger partial charge >= 0.3 is 0 Å². The van der Waals surface area contributed by atoms with E-state index in [4.69, 9.17) is 9.47 Å². The topological polar surface area (TPSA) is 47.6 Å². The van der Waals surface area contributed by atoms with Gasteiger partial charge in [0.2, 0.25) is 0 Å². The number of ether oxygens (including phenoxy) is 2. The van der Waals surface area contributed by atoms with Crippen LogP contribution < -0.4 is 14.8 Å². The lowest BCUT2D eigenvalue weighted by Gasteiger charge is -2.25. The molecular formula is C18H25NO3. The summed E-state index contributed by atoms with van der Waals surface area (Å²) in [5.41, 5.74) is 0. The van der Waals surface area contributed by atoms with Crippen molar-refractivity contribution in [2.75, 3.05) is 7.11 Å². The molecule has 0 spiro atoms. The highest BCUT2D eigenvalue weighted by Gasteiger charge is 2.40. The Kier molecular flexibility index (Phi) is 4.55. The number of carbonyl (C=O) groups excluding carboxylic acids is 1. The standard InChI is InChI=1S/C18H25NO3/c1-3-17(22-15-6-4-5-14(11-15)21-2)18(20)19-16-10-12-7-8-13(16)9-12/h4-6,11-13,16-17H,3,7-10H2,1-2H3,(H,19,20)/t12-,13-,16+,17-/m0/s1. The SMILES string of the molecule is CC[C@H](Oc1cccc(OC)c1)C(=O)N[C@@H]1C[C@H]2CC[C@H]1C2. The number of rotatable bonds is 6. The molecule has 3 rings (SSSR count). The molecule has 2 aliphatic rings. The first kappa shape index (κ1) is 15.2. The van der Waals surface area contributed by atoms with E-state index in [-0.39, 0.29) is 5.91 Å². The van der Waals surface area contributed by atoms with Crippen molar-refractivity contribution in [3.05, 3.63) is 24.3 Å². The largest absolute Gasteiger partial charge is 0.497 e. The van der Waals surface area contributed by atoms with Crippen molar-refractivity contribution in [1.29, 1.82) is 0 Å². The first-order chi connectivity index (χ1) is 10.7. The second-order valence-corrected chi connectivity index (χ2v) is 6.48. The number of benzene rings is 1. The van der Waals surface area contributed by atoms with Crippen molar-refractivity contribution in [3.8, 4) is 11.5 Å². The fraction of sp³-hybridized carbons (Fsp3) is 0.611. The van der Waals surface area contributed by atoms with Crippen molar-refractivity contribution >= 4 is 5.91 Å². The lowest BCUT2D eigenvalue weighted by Crippen LogP contribution is -2.45. The zero-order chi connectivity index (χ0) is 15.5. The minimum atomic E-state index is -0.439. The Morgan fingerprint density at radius 1 is 1.32 bits per heavy atom. The predicted octanol–water partition coefficient (Wildman–Crippen LogP) is 3.16. The smallest absolute Gasteiger partial charge is 0.261 e. The Morgan fingerprint density at radius 3 is 2.77 bits per heavy atom. The van der Waals surface area contributed by atoms with E-state index >= 15 is 0 Å². The third kappa shape index (κ3) is 3.21. The summed E-state index contributed by atoms with van der Waals surface area (Å²) >= 11 is 0. The van der Waals surface area contributed by atoms with E-state index in [0.29, 0.717) is 24.1 Å². The summed E-state index contributed by atoms with van der Waals surface area (Å²) in [5, 5.41) is 3.21. The first-order valence-electron chi connectivity index (χ1n) is 8.30. The Labute approximate surface area is 132 Å². The third-order valence-electron chi connectivity index (χ3n) is 5.05. The van der Waals surface area contributed by atoms with E-state index in [0.717, 1.165) is 18.1 Å². The molecule has 1 amide bonds. The molecule has 0 unspecified atom stereocenters. The van der Waals surface area contributed by atoms with E-state index in [1.807, 2.05) is 31.2 Å². The van der Waals surface area contributed by atoms with Crippen LogP contribution in [0.25, 0.3) is 0 Å². The minimum Gasteiger partial charge on any atom is -0.497 e. The van der Waals surface area contributed by atoms with E-state index in [2.05, 4.69) is 5.32 Å². The average molecular weight is 303 g/mol. The van der Waals surface area contributed by atoms with Crippen molar-refractivity contribution in [2.45, 2.75) is 51.2 Å². The van der Waals surface area contributed by atoms with Gasteiger partial charge in [-0.2, -0.15) is 0 Å². The molecule has 2 saturated carbocycles. The molecule has 2 bridgehead atoms. The molecule has 120 valence electrons. The number of methoxy groups -OCH3 is 1. The van der Waals surface area contributed by atoms with Crippen molar-refractivity contribution in [2.24, 2.45) is 11.8 Å². The van der Waals surface area contributed by atoms with Crippen molar-refractivity contribution in [1.82, 2.24) is 5.32 Å². The molecule has 2 aliphatic carbocycles. The van der Waals surface area contributed by atoms with Crippen LogP contribution in [0.3, 0.4) is 0 Å². The number of nitrogens with one attached hydrogen (secondary N) is 1. The summed E-state index contributed by atoms with van der Waals surface area (Å²) < 4.78 is 11.1. The lowest BCUT2D eigenvalue weighted by atomic mass is 9.95. The molecule has 0 aliphatic heterocycles. The van der Waals surface area contributed by atoms with E-state index in [1.165, 1.54) is 19.3 Å². The lowest BCUT2D eigenvalue weighted by molar-refractivity contribution is -0.129. The van der Waals surface area contributed by atoms with Gasteiger partial charge in [-0.1, -0.05) is 19.4 Å². The third-order valence-corrected chi connectivity index (χ3v) is 5.05. The number of fused-ring (bicyclic) bond motifs is 2.